The SMILES string of the molecule is CC1CCC(CNc2cnn(CC(N)=O)c2)O1. The predicted octanol–water partition coefficient (Wildman–Crippen LogP) is 0.348. The molecule has 0 saturated carbocycles. The third-order valence-electron chi connectivity index (χ3n) is 2.80. The highest BCUT2D eigenvalue weighted by Crippen LogP contribution is 2.19. The van der Waals surface area contributed by atoms with Crippen molar-refractivity contribution in [1.29, 1.82) is 0 Å². The predicted molar refractivity (Wildman–Crippen MR) is 63.5 cm³/mol. The Morgan fingerprint density at radius 3 is 3.18 bits per heavy atom. The molecule has 94 valence electrons. The van der Waals surface area contributed by atoms with Crippen molar-refractivity contribution in [2.75, 3.05) is 11.9 Å². The molecule has 1 fully saturated rings. The third-order valence-corrected chi connectivity index (χ3v) is 2.80. The van der Waals surface area contributed by atoms with Gasteiger partial charge in [-0.3, -0.25) is 9.48 Å². The van der Waals surface area contributed by atoms with Gasteiger partial charge in [0, 0.05) is 12.7 Å². The van der Waals surface area contributed by atoms with Gasteiger partial charge in [-0.25, -0.2) is 0 Å². The Hall–Kier alpha value is -1.56. The Bertz CT molecular complexity index is 391. The zero-order chi connectivity index (χ0) is 12.3. The van der Waals surface area contributed by atoms with E-state index in [4.69, 9.17) is 10.5 Å². The highest BCUT2D eigenvalue weighted by atomic mass is 16.5. The maximum absolute atomic E-state index is 10.7. The van der Waals surface area contributed by atoms with E-state index in [1.54, 1.807) is 12.4 Å². The number of nitrogens with zero attached hydrogens (tertiary/aromatic N) is 2. The summed E-state index contributed by atoms with van der Waals surface area (Å²) in [5, 5.41) is 7.27. The fraction of sp³-hybridized carbons (Fsp3) is 0.636. The quantitative estimate of drug-likeness (QED) is 0.775. The zero-order valence-electron chi connectivity index (χ0n) is 9.93. The molecule has 1 aromatic heterocycles. The van der Waals surface area contributed by atoms with Crippen molar-refractivity contribution in [1.82, 2.24) is 9.78 Å². The normalized spacial score (nSPS) is 23.8. The standard InChI is InChI=1S/C11H18N4O2/c1-8-2-3-10(17-8)5-13-9-4-14-15(6-9)7-11(12)16/h4,6,8,10,13H,2-3,5,7H2,1H3,(H2,12,16). The monoisotopic (exact) mass is 238 g/mol. The molecule has 3 N–H and O–H groups in total. The van der Waals surface area contributed by atoms with Crippen LogP contribution in [0.1, 0.15) is 19.8 Å². The van der Waals surface area contributed by atoms with E-state index in [2.05, 4.69) is 17.3 Å². The fourth-order valence-corrected chi connectivity index (χ4v) is 1.97. The van der Waals surface area contributed by atoms with Crippen molar-refractivity contribution < 1.29 is 9.53 Å². The van der Waals surface area contributed by atoms with Crippen LogP contribution in [0.2, 0.25) is 0 Å². The molecule has 0 radical (unpaired) electrons. The summed E-state index contributed by atoms with van der Waals surface area (Å²) in [6.07, 6.45) is 6.28. The van der Waals surface area contributed by atoms with Gasteiger partial charge in [-0.2, -0.15) is 5.10 Å². The first-order chi connectivity index (χ1) is 8.13. The van der Waals surface area contributed by atoms with Crippen molar-refractivity contribution in [2.24, 2.45) is 5.73 Å². The van der Waals surface area contributed by atoms with Crippen LogP contribution in [-0.2, 0) is 16.1 Å². The lowest BCUT2D eigenvalue weighted by Crippen LogP contribution is -2.20. The molecule has 6 heteroatoms. The van der Waals surface area contributed by atoms with Gasteiger partial charge in [0.05, 0.1) is 24.1 Å². The van der Waals surface area contributed by atoms with Crippen molar-refractivity contribution >= 4 is 11.6 Å². The Balaban J connectivity index is 1.79. The van der Waals surface area contributed by atoms with E-state index in [1.165, 1.54) is 4.68 Å². The molecule has 2 rings (SSSR count). The number of nitrogens with one attached hydrogen (secondary N) is 1. The number of amides is 1. The van der Waals surface area contributed by atoms with Crippen LogP contribution < -0.4 is 11.1 Å². The first-order valence-corrected chi connectivity index (χ1v) is 5.83. The second kappa shape index (κ2) is 5.18. The molecule has 1 aliphatic heterocycles. The van der Waals surface area contributed by atoms with E-state index in [1.807, 2.05) is 0 Å². The minimum absolute atomic E-state index is 0.110. The molecule has 0 aromatic carbocycles. The largest absolute Gasteiger partial charge is 0.380 e. The highest BCUT2D eigenvalue weighted by Gasteiger charge is 2.21. The van der Waals surface area contributed by atoms with Gasteiger partial charge >= 0.3 is 0 Å². The molecule has 1 saturated heterocycles. The summed E-state index contributed by atoms with van der Waals surface area (Å²) in [6, 6.07) is 0. The van der Waals surface area contributed by atoms with Crippen molar-refractivity contribution in [2.45, 2.75) is 38.5 Å². The van der Waals surface area contributed by atoms with Gasteiger partial charge in [-0.15, -0.1) is 0 Å². The second-order valence-electron chi connectivity index (χ2n) is 4.42. The maximum atomic E-state index is 10.7. The summed E-state index contributed by atoms with van der Waals surface area (Å²) < 4.78 is 7.21. The number of anilines is 1. The first kappa shape index (κ1) is 11.9. The lowest BCUT2D eigenvalue weighted by Gasteiger charge is -2.11. The molecule has 0 aliphatic carbocycles. The molecule has 0 bridgehead atoms. The minimum atomic E-state index is -0.396. The first-order valence-electron chi connectivity index (χ1n) is 5.83. The molecule has 17 heavy (non-hydrogen) atoms. The lowest BCUT2D eigenvalue weighted by molar-refractivity contribution is -0.118. The molecule has 1 aromatic rings. The Morgan fingerprint density at radius 1 is 1.71 bits per heavy atom. The number of primary amides is 1. The molecule has 1 aliphatic rings. The number of carbonyl (C=O) groups excluding carboxylic acids is 1. The van der Waals surface area contributed by atoms with Gasteiger partial charge < -0.3 is 15.8 Å². The average Bonchev–Trinajstić information content (AvgIpc) is 2.84. The van der Waals surface area contributed by atoms with Crippen LogP contribution in [0.5, 0.6) is 0 Å². The van der Waals surface area contributed by atoms with Crippen LogP contribution in [0.15, 0.2) is 12.4 Å². The fourth-order valence-electron chi connectivity index (χ4n) is 1.97. The van der Waals surface area contributed by atoms with Crippen LogP contribution in [0, 0.1) is 0 Å². The van der Waals surface area contributed by atoms with E-state index >= 15 is 0 Å². The lowest BCUT2D eigenvalue weighted by atomic mass is 10.2. The van der Waals surface area contributed by atoms with Crippen molar-refractivity contribution in [3.8, 4) is 0 Å². The van der Waals surface area contributed by atoms with Crippen molar-refractivity contribution in [3.05, 3.63) is 12.4 Å². The molecule has 1 amide bonds. The molecule has 2 unspecified atom stereocenters. The number of aromatic nitrogens is 2. The summed E-state index contributed by atoms with van der Waals surface area (Å²) in [6.45, 7) is 2.97. The summed E-state index contributed by atoms with van der Waals surface area (Å²) in [4.78, 5) is 10.7. The van der Waals surface area contributed by atoms with Crippen LogP contribution >= 0.6 is 0 Å². The third kappa shape index (κ3) is 3.45. The van der Waals surface area contributed by atoms with Crippen LogP contribution in [0.4, 0.5) is 5.69 Å². The molecule has 0 spiro atoms. The highest BCUT2D eigenvalue weighted by molar-refractivity contribution is 5.73. The number of carbonyl (C=O) groups is 1. The average molecular weight is 238 g/mol. The Labute approximate surface area is 100 Å². The molecule has 2 heterocycles. The van der Waals surface area contributed by atoms with E-state index in [9.17, 15) is 4.79 Å². The molecule has 2 atom stereocenters. The van der Waals surface area contributed by atoms with E-state index in [0.29, 0.717) is 6.10 Å². The van der Waals surface area contributed by atoms with Gasteiger partial charge in [0.25, 0.3) is 0 Å². The van der Waals surface area contributed by atoms with Crippen LogP contribution in [0.25, 0.3) is 0 Å². The number of ether oxygens (including phenoxy) is 1. The van der Waals surface area contributed by atoms with Gasteiger partial charge in [0.2, 0.25) is 5.91 Å². The second-order valence-corrected chi connectivity index (χ2v) is 4.42. The van der Waals surface area contributed by atoms with Gasteiger partial charge in [-0.1, -0.05) is 0 Å². The summed E-state index contributed by atoms with van der Waals surface area (Å²) >= 11 is 0. The number of nitrogens with two attached hydrogens (primary N) is 1. The zero-order valence-corrected chi connectivity index (χ0v) is 9.93. The maximum Gasteiger partial charge on any atom is 0.239 e. The molecular weight excluding hydrogens is 220 g/mol. The van der Waals surface area contributed by atoms with Crippen molar-refractivity contribution in [3.63, 3.8) is 0 Å². The number of rotatable bonds is 5. The summed E-state index contributed by atoms with van der Waals surface area (Å²) in [7, 11) is 0. The van der Waals surface area contributed by atoms with Gasteiger partial charge in [-0.05, 0) is 19.8 Å². The molecular formula is C11H18N4O2. The Morgan fingerprint density at radius 2 is 2.53 bits per heavy atom. The van der Waals surface area contributed by atoms with E-state index < -0.39 is 5.91 Å². The van der Waals surface area contributed by atoms with Crippen LogP contribution in [-0.4, -0.2) is 34.4 Å². The topological polar surface area (TPSA) is 82.2 Å². The number of hydrogen-bond donors (Lipinski definition) is 2. The summed E-state index contributed by atoms with van der Waals surface area (Å²) in [5.41, 5.74) is 5.97. The summed E-state index contributed by atoms with van der Waals surface area (Å²) in [5.74, 6) is -0.396. The van der Waals surface area contributed by atoms with Gasteiger partial charge in [0.15, 0.2) is 0 Å². The Kier molecular flexibility index (Phi) is 3.63. The number of hydrogen-bond acceptors (Lipinski definition) is 4. The molecule has 6 nitrogen and oxygen atoms in total. The van der Waals surface area contributed by atoms with Gasteiger partial charge in [0.1, 0.15) is 6.54 Å². The van der Waals surface area contributed by atoms with E-state index in [0.717, 1.165) is 25.1 Å². The van der Waals surface area contributed by atoms with Crippen LogP contribution in [0.3, 0.4) is 0 Å². The minimum Gasteiger partial charge on any atom is -0.380 e. The smallest absolute Gasteiger partial charge is 0.239 e. The van der Waals surface area contributed by atoms with E-state index in [-0.39, 0.29) is 12.6 Å².